The van der Waals surface area contributed by atoms with Crippen LogP contribution < -0.4 is 20.7 Å². The van der Waals surface area contributed by atoms with Crippen LogP contribution >= 0.6 is 0 Å². The number of halogens is 3. The van der Waals surface area contributed by atoms with Crippen molar-refractivity contribution in [3.8, 4) is 5.75 Å². The maximum Gasteiger partial charge on any atom is 0.416 e. The highest BCUT2D eigenvalue weighted by molar-refractivity contribution is 6.06. The lowest BCUT2D eigenvalue weighted by atomic mass is 9.94. The van der Waals surface area contributed by atoms with Gasteiger partial charge in [0.05, 0.1) is 23.8 Å². The molecule has 0 aromatic heterocycles. The summed E-state index contributed by atoms with van der Waals surface area (Å²) in [5.41, 5.74) is 0.274. The van der Waals surface area contributed by atoms with Gasteiger partial charge in [0, 0.05) is 11.4 Å². The van der Waals surface area contributed by atoms with Gasteiger partial charge in [0.1, 0.15) is 5.75 Å². The monoisotopic (exact) mass is 447 g/mol. The number of hydrogen-bond donors (Lipinski definition) is 3. The van der Waals surface area contributed by atoms with Crippen molar-refractivity contribution in [2.45, 2.75) is 38.9 Å². The van der Waals surface area contributed by atoms with Crippen LogP contribution in [0.4, 0.5) is 23.7 Å². The molecule has 32 heavy (non-hydrogen) atoms. The van der Waals surface area contributed by atoms with E-state index in [9.17, 15) is 22.8 Å². The van der Waals surface area contributed by atoms with Gasteiger partial charge in [-0.1, -0.05) is 31.5 Å². The number of unbranched alkanes of at least 4 members (excludes halogenated alkanes) is 1. The molecule has 3 N–H and O–H groups in total. The molecule has 1 atom stereocenters. The van der Waals surface area contributed by atoms with E-state index >= 15 is 0 Å². The molecule has 0 saturated carbocycles. The highest BCUT2D eigenvalue weighted by Gasteiger charge is 2.33. The average Bonchev–Trinajstić information content (AvgIpc) is 2.73. The van der Waals surface area contributed by atoms with Crippen molar-refractivity contribution >= 4 is 17.6 Å². The second-order valence-corrected chi connectivity index (χ2v) is 7.37. The van der Waals surface area contributed by atoms with Gasteiger partial charge in [-0.2, -0.15) is 13.2 Å². The van der Waals surface area contributed by atoms with Gasteiger partial charge >= 0.3 is 12.2 Å². The first-order chi connectivity index (χ1) is 15.2. The number of alkyl halides is 3. The number of carbonyl (C=O) groups excluding carboxylic acids is 2. The molecule has 0 bridgehead atoms. The molecule has 0 unspecified atom stereocenters. The molecule has 0 saturated heterocycles. The summed E-state index contributed by atoms with van der Waals surface area (Å²) in [6.45, 7) is 4.21. The lowest BCUT2D eigenvalue weighted by Gasteiger charge is -2.28. The van der Waals surface area contributed by atoms with Crippen LogP contribution in [-0.4, -0.2) is 18.5 Å². The summed E-state index contributed by atoms with van der Waals surface area (Å²) in [6.07, 6.45) is -2.60. The summed E-state index contributed by atoms with van der Waals surface area (Å²) >= 11 is 0. The maximum absolute atomic E-state index is 13.0. The number of benzene rings is 2. The van der Waals surface area contributed by atoms with Crippen LogP contribution in [0.3, 0.4) is 0 Å². The number of amides is 3. The lowest BCUT2D eigenvalue weighted by molar-refractivity contribution is -0.137. The zero-order valence-electron chi connectivity index (χ0n) is 17.7. The maximum atomic E-state index is 13.0. The normalized spacial score (nSPS) is 16.3. The van der Waals surface area contributed by atoms with Gasteiger partial charge in [-0.05, 0) is 49.2 Å². The van der Waals surface area contributed by atoms with Gasteiger partial charge in [0.25, 0.3) is 5.91 Å². The van der Waals surface area contributed by atoms with E-state index in [2.05, 4.69) is 22.9 Å². The van der Waals surface area contributed by atoms with E-state index in [4.69, 9.17) is 4.74 Å². The predicted octanol–water partition coefficient (Wildman–Crippen LogP) is 5.15. The minimum absolute atomic E-state index is 0.000414. The summed E-state index contributed by atoms with van der Waals surface area (Å²) in [6, 6.07) is 10.1. The summed E-state index contributed by atoms with van der Waals surface area (Å²) in [5, 5.41) is 7.74. The molecule has 6 nitrogen and oxygen atoms in total. The Morgan fingerprint density at radius 2 is 1.88 bits per heavy atom. The minimum atomic E-state index is -4.53. The number of urea groups is 1. The first-order valence-electron chi connectivity index (χ1n) is 10.2. The van der Waals surface area contributed by atoms with Gasteiger partial charge < -0.3 is 20.7 Å². The largest absolute Gasteiger partial charge is 0.494 e. The zero-order chi connectivity index (χ0) is 23.3. The molecular formula is C23H24F3N3O3. The topological polar surface area (TPSA) is 79.5 Å². The predicted molar refractivity (Wildman–Crippen MR) is 114 cm³/mol. The molecule has 0 aliphatic carbocycles. The smallest absolute Gasteiger partial charge is 0.416 e. The van der Waals surface area contributed by atoms with Gasteiger partial charge in [-0.25, -0.2) is 4.79 Å². The van der Waals surface area contributed by atoms with Gasteiger partial charge in [-0.15, -0.1) is 0 Å². The molecule has 2 aromatic carbocycles. The summed E-state index contributed by atoms with van der Waals surface area (Å²) in [4.78, 5) is 25.0. The van der Waals surface area contributed by atoms with Crippen molar-refractivity contribution in [3.05, 3.63) is 70.9 Å². The molecule has 9 heteroatoms. The standard InChI is InChI=1S/C23H24F3N3O3/c1-3-4-12-32-18-10-8-15(9-11-18)20-19(14(2)27-22(31)29-20)21(30)28-17-7-5-6-16(13-17)23(24,25)26/h5-11,13,20H,3-4,12H2,1-2H3,(H,28,30)(H2,27,29,31)/t20-/m1/s1. The van der Waals surface area contributed by atoms with Crippen molar-refractivity contribution in [3.63, 3.8) is 0 Å². The Morgan fingerprint density at radius 3 is 2.53 bits per heavy atom. The molecule has 3 rings (SSSR count). The first-order valence-corrected chi connectivity index (χ1v) is 10.2. The molecule has 1 aliphatic rings. The third kappa shape index (κ3) is 5.60. The fourth-order valence-electron chi connectivity index (χ4n) is 3.31. The van der Waals surface area contributed by atoms with Crippen molar-refractivity contribution in [1.29, 1.82) is 0 Å². The number of ether oxygens (including phenoxy) is 1. The Kier molecular flexibility index (Phi) is 7.07. The third-order valence-electron chi connectivity index (χ3n) is 4.94. The number of rotatable bonds is 7. The molecule has 0 spiro atoms. The highest BCUT2D eigenvalue weighted by atomic mass is 19.4. The Morgan fingerprint density at radius 1 is 1.16 bits per heavy atom. The Balaban J connectivity index is 1.84. The third-order valence-corrected chi connectivity index (χ3v) is 4.94. The summed E-state index contributed by atoms with van der Waals surface area (Å²) in [7, 11) is 0. The molecule has 2 aromatic rings. The van der Waals surface area contributed by atoms with E-state index < -0.39 is 29.7 Å². The van der Waals surface area contributed by atoms with Gasteiger partial charge in [-0.3, -0.25) is 4.79 Å². The lowest BCUT2D eigenvalue weighted by Crippen LogP contribution is -2.45. The highest BCUT2D eigenvalue weighted by Crippen LogP contribution is 2.32. The van der Waals surface area contributed by atoms with Crippen LogP contribution in [0.2, 0.25) is 0 Å². The van der Waals surface area contributed by atoms with Crippen LogP contribution in [0.1, 0.15) is 43.9 Å². The van der Waals surface area contributed by atoms with Crippen LogP contribution in [-0.2, 0) is 11.0 Å². The summed E-state index contributed by atoms with van der Waals surface area (Å²) < 4.78 is 44.6. The van der Waals surface area contributed by atoms with Gasteiger partial charge in [0.2, 0.25) is 0 Å². The summed E-state index contributed by atoms with van der Waals surface area (Å²) in [5.74, 6) is 0.0423. The number of hydrogen-bond acceptors (Lipinski definition) is 3. The first kappa shape index (κ1) is 23.2. The van der Waals surface area contributed by atoms with Crippen molar-refractivity contribution in [2.75, 3.05) is 11.9 Å². The molecule has 0 radical (unpaired) electrons. The fraction of sp³-hybridized carbons (Fsp3) is 0.304. The fourth-order valence-corrected chi connectivity index (χ4v) is 3.31. The van der Waals surface area contributed by atoms with Crippen molar-refractivity contribution < 1.29 is 27.5 Å². The molecule has 1 heterocycles. The van der Waals surface area contributed by atoms with E-state index in [0.717, 1.165) is 25.0 Å². The SMILES string of the molecule is CCCCOc1ccc([C@H]2NC(=O)NC(C)=C2C(=O)Nc2cccc(C(F)(F)F)c2)cc1. The Hall–Kier alpha value is -3.49. The van der Waals surface area contributed by atoms with E-state index in [-0.39, 0.29) is 11.3 Å². The van der Waals surface area contributed by atoms with E-state index in [1.807, 2.05) is 0 Å². The minimum Gasteiger partial charge on any atom is -0.494 e. The Bertz CT molecular complexity index is 1020. The van der Waals surface area contributed by atoms with Gasteiger partial charge in [0.15, 0.2) is 0 Å². The molecule has 3 amide bonds. The second-order valence-electron chi connectivity index (χ2n) is 7.37. The molecule has 170 valence electrons. The van der Waals surface area contributed by atoms with Crippen LogP contribution in [0.5, 0.6) is 5.75 Å². The van der Waals surface area contributed by atoms with Crippen LogP contribution in [0, 0.1) is 0 Å². The van der Waals surface area contributed by atoms with E-state index in [1.165, 1.54) is 12.1 Å². The number of carbonyl (C=O) groups is 2. The second kappa shape index (κ2) is 9.76. The van der Waals surface area contributed by atoms with Crippen molar-refractivity contribution in [2.24, 2.45) is 0 Å². The van der Waals surface area contributed by atoms with E-state index in [1.54, 1.807) is 31.2 Å². The van der Waals surface area contributed by atoms with Crippen LogP contribution in [0.25, 0.3) is 0 Å². The van der Waals surface area contributed by atoms with Crippen LogP contribution in [0.15, 0.2) is 59.8 Å². The Labute approximate surface area is 183 Å². The molecular weight excluding hydrogens is 423 g/mol. The number of allylic oxidation sites excluding steroid dienone is 1. The van der Waals surface area contributed by atoms with E-state index in [0.29, 0.717) is 23.6 Å². The quantitative estimate of drug-likeness (QED) is 0.514. The zero-order valence-corrected chi connectivity index (χ0v) is 17.7. The number of anilines is 1. The number of nitrogens with one attached hydrogen (secondary N) is 3. The average molecular weight is 447 g/mol. The molecule has 0 fully saturated rings. The molecule has 1 aliphatic heterocycles. The van der Waals surface area contributed by atoms with Crippen molar-refractivity contribution in [1.82, 2.24) is 10.6 Å².